The van der Waals surface area contributed by atoms with E-state index < -0.39 is 5.97 Å². The first-order valence-electron chi connectivity index (χ1n) is 3.00. The predicted octanol–water partition coefficient (Wildman–Crippen LogP) is 1.35. The summed E-state index contributed by atoms with van der Waals surface area (Å²) in [4.78, 5) is 24.4. The van der Waals surface area contributed by atoms with Crippen LogP contribution < -0.4 is 0 Å². The monoisotopic (exact) mass is 229 g/mol. The third-order valence-electron chi connectivity index (χ3n) is 1.22. The van der Waals surface area contributed by atoms with Crippen LogP contribution in [0, 0.1) is 0 Å². The second kappa shape index (κ2) is 3.44. The molecule has 4 nitrogen and oxygen atoms in total. The molecule has 1 rings (SSSR count). The molecule has 1 heterocycles. The largest absolute Gasteiger partial charge is 0.476 e. The Morgan fingerprint density at radius 1 is 1.58 bits per heavy atom. The minimum atomic E-state index is -1.21. The molecule has 0 aliphatic rings. The van der Waals surface area contributed by atoms with E-state index in [0.29, 0.717) is 10.9 Å². The van der Waals surface area contributed by atoms with E-state index in [2.05, 4.69) is 20.9 Å². The zero-order valence-electron chi connectivity index (χ0n) is 5.82. The van der Waals surface area contributed by atoms with Crippen molar-refractivity contribution in [3.63, 3.8) is 0 Å². The number of hydrogen-bond donors (Lipinski definition) is 1. The number of aldehydes is 1. The third kappa shape index (κ3) is 1.68. The van der Waals surface area contributed by atoms with Crippen molar-refractivity contribution < 1.29 is 14.7 Å². The second-order valence-corrected chi connectivity index (χ2v) is 2.81. The fourth-order valence-electron chi connectivity index (χ4n) is 0.712. The van der Waals surface area contributed by atoms with Crippen LogP contribution in [0.2, 0.25) is 0 Å². The van der Waals surface area contributed by atoms with Crippen LogP contribution in [-0.4, -0.2) is 22.3 Å². The molecule has 1 N–H and O–H groups in total. The number of hydrogen-bond acceptors (Lipinski definition) is 3. The number of carboxylic acid groups (broad SMARTS) is 1. The van der Waals surface area contributed by atoms with Gasteiger partial charge in [-0.1, -0.05) is 0 Å². The van der Waals surface area contributed by atoms with Crippen LogP contribution in [0.1, 0.15) is 20.8 Å². The van der Waals surface area contributed by atoms with E-state index in [1.54, 1.807) is 0 Å². The van der Waals surface area contributed by atoms with Gasteiger partial charge < -0.3 is 5.11 Å². The number of pyridine rings is 1. The average Bonchev–Trinajstić information content (AvgIpc) is 2.04. The first-order chi connectivity index (χ1) is 5.65. The van der Waals surface area contributed by atoms with Gasteiger partial charge in [-0.2, -0.15) is 0 Å². The van der Waals surface area contributed by atoms with E-state index in [4.69, 9.17) is 5.11 Å². The molecule has 0 aliphatic carbocycles. The summed E-state index contributed by atoms with van der Waals surface area (Å²) in [5.41, 5.74) is -0.162. The molecule has 0 unspecified atom stereocenters. The highest BCUT2D eigenvalue weighted by Gasteiger charge is 2.10. The molecular formula is C7H4BrNO3. The predicted molar refractivity (Wildman–Crippen MR) is 44.3 cm³/mol. The Morgan fingerprint density at radius 2 is 2.25 bits per heavy atom. The summed E-state index contributed by atoms with van der Waals surface area (Å²) >= 11 is 3.00. The Morgan fingerprint density at radius 3 is 2.75 bits per heavy atom. The Bertz CT molecular complexity index is 337. The van der Waals surface area contributed by atoms with Crippen molar-refractivity contribution in [2.45, 2.75) is 0 Å². The highest BCUT2D eigenvalue weighted by Crippen LogP contribution is 2.10. The molecule has 0 aliphatic heterocycles. The van der Waals surface area contributed by atoms with Gasteiger partial charge in [0.2, 0.25) is 0 Å². The number of rotatable bonds is 2. The fraction of sp³-hybridized carbons (Fsp3) is 0. The fourth-order valence-corrected chi connectivity index (χ4v) is 1.02. The maximum Gasteiger partial charge on any atom is 0.355 e. The van der Waals surface area contributed by atoms with Gasteiger partial charge in [0.05, 0.1) is 0 Å². The van der Waals surface area contributed by atoms with Crippen molar-refractivity contribution in [1.29, 1.82) is 0 Å². The lowest BCUT2D eigenvalue weighted by Crippen LogP contribution is -2.05. The van der Waals surface area contributed by atoms with Crippen LogP contribution in [0.5, 0.6) is 0 Å². The average molecular weight is 230 g/mol. The van der Waals surface area contributed by atoms with Crippen LogP contribution in [0.4, 0.5) is 0 Å². The zero-order chi connectivity index (χ0) is 9.14. The lowest BCUT2D eigenvalue weighted by molar-refractivity contribution is 0.0687. The molecule has 0 bridgehead atoms. The van der Waals surface area contributed by atoms with Gasteiger partial charge in [0, 0.05) is 5.56 Å². The molecule has 0 spiro atoms. The number of halogens is 1. The van der Waals surface area contributed by atoms with E-state index in [9.17, 15) is 9.59 Å². The summed E-state index contributed by atoms with van der Waals surface area (Å²) < 4.78 is 0.394. The quantitative estimate of drug-likeness (QED) is 0.615. The van der Waals surface area contributed by atoms with E-state index in [1.807, 2.05) is 0 Å². The van der Waals surface area contributed by atoms with Crippen molar-refractivity contribution in [2.75, 3.05) is 0 Å². The molecule has 1 aromatic rings. The number of carbonyl (C=O) groups is 2. The van der Waals surface area contributed by atoms with Gasteiger partial charge in [-0.05, 0) is 28.1 Å². The topological polar surface area (TPSA) is 67.3 Å². The van der Waals surface area contributed by atoms with E-state index in [-0.39, 0.29) is 11.3 Å². The Labute approximate surface area is 76.4 Å². The van der Waals surface area contributed by atoms with Crippen molar-refractivity contribution in [3.8, 4) is 0 Å². The summed E-state index contributed by atoms with van der Waals surface area (Å²) in [6.45, 7) is 0. The van der Waals surface area contributed by atoms with Crippen molar-refractivity contribution in [1.82, 2.24) is 4.98 Å². The van der Waals surface area contributed by atoms with E-state index >= 15 is 0 Å². The highest BCUT2D eigenvalue weighted by atomic mass is 79.9. The molecule has 0 radical (unpaired) electrons. The highest BCUT2D eigenvalue weighted by molar-refractivity contribution is 9.10. The smallest absolute Gasteiger partial charge is 0.355 e. The Hall–Kier alpha value is -1.23. The van der Waals surface area contributed by atoms with Gasteiger partial charge in [0.15, 0.2) is 12.0 Å². The number of carbonyl (C=O) groups excluding carboxylic acids is 1. The van der Waals surface area contributed by atoms with Gasteiger partial charge in [0.1, 0.15) is 4.60 Å². The number of aromatic carboxylic acids is 1. The Kier molecular flexibility index (Phi) is 2.54. The minimum absolute atomic E-state index is 0.0747. The van der Waals surface area contributed by atoms with Crippen molar-refractivity contribution in [2.24, 2.45) is 0 Å². The standard InChI is InChI=1S/C7H4BrNO3/c8-5-2-1-4(3-10)6(9-5)7(11)12/h1-3H,(H,11,12). The Balaban J connectivity index is 3.30. The number of aromatic nitrogens is 1. The molecule has 0 fully saturated rings. The lowest BCUT2D eigenvalue weighted by Gasteiger charge is -1.97. The van der Waals surface area contributed by atoms with E-state index in [1.165, 1.54) is 12.1 Å². The molecule has 0 amide bonds. The van der Waals surface area contributed by atoms with Gasteiger partial charge in [-0.3, -0.25) is 4.79 Å². The molecular weight excluding hydrogens is 226 g/mol. The first kappa shape index (κ1) is 8.86. The van der Waals surface area contributed by atoms with Crippen LogP contribution >= 0.6 is 15.9 Å². The first-order valence-corrected chi connectivity index (χ1v) is 3.79. The molecule has 1 aromatic heterocycles. The van der Waals surface area contributed by atoms with Crippen LogP contribution in [0.25, 0.3) is 0 Å². The molecule has 12 heavy (non-hydrogen) atoms. The van der Waals surface area contributed by atoms with Gasteiger partial charge in [-0.25, -0.2) is 9.78 Å². The molecule has 0 aromatic carbocycles. The van der Waals surface area contributed by atoms with Crippen LogP contribution in [0.15, 0.2) is 16.7 Å². The van der Waals surface area contributed by atoms with Crippen molar-refractivity contribution >= 4 is 28.2 Å². The second-order valence-electron chi connectivity index (χ2n) is 1.99. The molecule has 62 valence electrons. The maximum atomic E-state index is 10.5. The normalized spacial score (nSPS) is 9.42. The summed E-state index contributed by atoms with van der Waals surface area (Å²) in [5.74, 6) is -1.21. The summed E-state index contributed by atoms with van der Waals surface area (Å²) in [5, 5.41) is 8.58. The van der Waals surface area contributed by atoms with Gasteiger partial charge >= 0.3 is 5.97 Å². The number of carboxylic acids is 1. The van der Waals surface area contributed by atoms with Gasteiger partial charge in [0.25, 0.3) is 0 Å². The summed E-state index contributed by atoms with van der Waals surface area (Å²) in [6.07, 6.45) is 0.461. The van der Waals surface area contributed by atoms with Crippen LogP contribution in [-0.2, 0) is 0 Å². The summed E-state index contributed by atoms with van der Waals surface area (Å²) in [7, 11) is 0. The van der Waals surface area contributed by atoms with E-state index in [0.717, 1.165) is 0 Å². The van der Waals surface area contributed by atoms with Gasteiger partial charge in [-0.15, -0.1) is 0 Å². The summed E-state index contributed by atoms with van der Waals surface area (Å²) in [6, 6.07) is 2.91. The lowest BCUT2D eigenvalue weighted by atomic mass is 10.2. The number of nitrogens with zero attached hydrogens (tertiary/aromatic N) is 1. The minimum Gasteiger partial charge on any atom is -0.476 e. The molecule has 0 atom stereocenters. The third-order valence-corrected chi connectivity index (χ3v) is 1.66. The molecule has 0 saturated heterocycles. The van der Waals surface area contributed by atoms with Crippen LogP contribution in [0.3, 0.4) is 0 Å². The zero-order valence-corrected chi connectivity index (χ0v) is 7.41. The SMILES string of the molecule is O=Cc1ccc(Br)nc1C(=O)O. The van der Waals surface area contributed by atoms with Crippen molar-refractivity contribution in [3.05, 3.63) is 28.0 Å². The molecule has 5 heteroatoms. The maximum absolute atomic E-state index is 10.5. The molecule has 0 saturated carbocycles.